The molecule has 0 amide bonds. The molecule has 0 saturated heterocycles. The number of hydrogen-bond donors (Lipinski definition) is 2. The highest BCUT2D eigenvalue weighted by molar-refractivity contribution is 5.79. The van der Waals surface area contributed by atoms with Crippen molar-refractivity contribution >= 4 is 11.4 Å². The highest BCUT2D eigenvalue weighted by Gasteiger charge is 2.28. The second-order valence-corrected chi connectivity index (χ2v) is 5.65. The molecule has 0 spiro atoms. The van der Waals surface area contributed by atoms with Crippen molar-refractivity contribution in [1.82, 2.24) is 0 Å². The summed E-state index contributed by atoms with van der Waals surface area (Å²) < 4.78 is 0. The first-order valence-electron chi connectivity index (χ1n) is 7.52. The number of nitrogens with zero attached hydrogens (tertiary/aromatic N) is 2. The molecular formula is C16H26N2O2. The summed E-state index contributed by atoms with van der Waals surface area (Å²) >= 11 is 0. The number of aliphatic hydroxyl groups is 2. The minimum absolute atomic E-state index is 0.306. The van der Waals surface area contributed by atoms with Crippen LogP contribution in [-0.2, 0) is 0 Å². The Labute approximate surface area is 121 Å². The molecule has 2 rings (SSSR count). The molecule has 2 unspecified atom stereocenters. The second kappa shape index (κ2) is 6.46. The Morgan fingerprint density at radius 2 is 1.65 bits per heavy atom. The predicted octanol–water partition coefficient (Wildman–Crippen LogP) is 2.12. The van der Waals surface area contributed by atoms with Crippen molar-refractivity contribution in [2.75, 3.05) is 29.6 Å². The normalized spacial score (nSPS) is 17.2. The maximum atomic E-state index is 9.94. The maximum Gasteiger partial charge on any atom is 0.0906 e. The van der Waals surface area contributed by atoms with Crippen LogP contribution < -0.4 is 9.80 Å². The van der Waals surface area contributed by atoms with Gasteiger partial charge in [-0.25, -0.2) is 0 Å². The van der Waals surface area contributed by atoms with Crippen LogP contribution in [-0.4, -0.2) is 42.2 Å². The number of anilines is 2. The van der Waals surface area contributed by atoms with E-state index in [-0.39, 0.29) is 12.2 Å². The molecule has 4 nitrogen and oxygen atoms in total. The zero-order valence-electron chi connectivity index (χ0n) is 12.7. The van der Waals surface area contributed by atoms with Gasteiger partial charge in [0, 0.05) is 13.1 Å². The van der Waals surface area contributed by atoms with Crippen molar-refractivity contribution in [3.63, 3.8) is 0 Å². The van der Waals surface area contributed by atoms with E-state index in [0.717, 1.165) is 19.5 Å². The highest BCUT2D eigenvalue weighted by Crippen LogP contribution is 2.38. The number of aliphatic hydroxyl groups excluding tert-OH is 2. The first-order chi connectivity index (χ1) is 9.56. The van der Waals surface area contributed by atoms with E-state index in [1.165, 1.54) is 16.9 Å². The molecule has 0 saturated carbocycles. The quantitative estimate of drug-likeness (QED) is 0.837. The third-order valence-corrected chi connectivity index (χ3v) is 4.02. The lowest BCUT2D eigenvalue weighted by Crippen LogP contribution is -2.39. The minimum atomic E-state index is -0.307. The summed E-state index contributed by atoms with van der Waals surface area (Å²) in [6, 6.07) is 6.26. The summed E-state index contributed by atoms with van der Waals surface area (Å²) in [6.45, 7) is 8.13. The third-order valence-electron chi connectivity index (χ3n) is 4.02. The number of fused-ring (bicyclic) bond motifs is 1. The molecule has 1 aliphatic heterocycles. The van der Waals surface area contributed by atoms with Crippen LogP contribution in [0.1, 0.15) is 32.3 Å². The van der Waals surface area contributed by atoms with Crippen molar-refractivity contribution < 1.29 is 10.2 Å². The highest BCUT2D eigenvalue weighted by atomic mass is 16.3. The molecule has 0 bridgehead atoms. The standard InChI is InChI=1S/C16H26N2O2/c1-4-13(19)9-17-11-18(10-14(20)5-2)16-12(3)7-6-8-15(16)17/h6-8,13-14,19-20H,4-5,9-11H2,1-3H3. The van der Waals surface area contributed by atoms with Crippen LogP contribution in [0.5, 0.6) is 0 Å². The number of para-hydroxylation sites is 1. The van der Waals surface area contributed by atoms with Crippen molar-refractivity contribution in [3.8, 4) is 0 Å². The monoisotopic (exact) mass is 278 g/mol. The van der Waals surface area contributed by atoms with Crippen LogP contribution in [0, 0.1) is 6.92 Å². The average molecular weight is 278 g/mol. The average Bonchev–Trinajstić information content (AvgIpc) is 2.78. The van der Waals surface area contributed by atoms with Crippen LogP contribution >= 0.6 is 0 Å². The number of aryl methyl sites for hydroxylation is 1. The van der Waals surface area contributed by atoms with Crippen LogP contribution in [0.4, 0.5) is 11.4 Å². The first-order valence-corrected chi connectivity index (χ1v) is 7.52. The van der Waals surface area contributed by atoms with Gasteiger partial charge in [-0.05, 0) is 31.4 Å². The number of β-amino-alcohol motifs (C(OH)–C–C–N with tert-alkyl or cyclic N) is 2. The molecule has 2 N–H and O–H groups in total. The summed E-state index contributed by atoms with van der Waals surface area (Å²) in [5.41, 5.74) is 3.59. The molecule has 0 fully saturated rings. The second-order valence-electron chi connectivity index (χ2n) is 5.65. The number of rotatable bonds is 6. The fourth-order valence-electron chi connectivity index (χ4n) is 2.74. The first kappa shape index (κ1) is 15.1. The van der Waals surface area contributed by atoms with Gasteiger partial charge in [0.15, 0.2) is 0 Å². The third kappa shape index (κ3) is 3.07. The minimum Gasteiger partial charge on any atom is -0.391 e. The fraction of sp³-hybridized carbons (Fsp3) is 0.625. The molecular weight excluding hydrogens is 252 g/mol. The molecule has 2 atom stereocenters. The summed E-state index contributed by atoms with van der Waals surface area (Å²) in [7, 11) is 0. The Hall–Kier alpha value is -1.26. The van der Waals surface area contributed by atoms with Crippen molar-refractivity contribution in [1.29, 1.82) is 0 Å². The number of benzene rings is 1. The van der Waals surface area contributed by atoms with E-state index < -0.39 is 0 Å². The molecule has 112 valence electrons. The Balaban J connectivity index is 2.23. The predicted molar refractivity (Wildman–Crippen MR) is 83.3 cm³/mol. The van der Waals surface area contributed by atoms with Gasteiger partial charge in [0.1, 0.15) is 0 Å². The molecule has 1 aliphatic rings. The van der Waals surface area contributed by atoms with Gasteiger partial charge in [-0.3, -0.25) is 0 Å². The van der Waals surface area contributed by atoms with E-state index in [0.29, 0.717) is 13.1 Å². The van der Waals surface area contributed by atoms with Crippen LogP contribution in [0.2, 0.25) is 0 Å². The molecule has 0 radical (unpaired) electrons. The Bertz CT molecular complexity index is 450. The Kier molecular flexibility index (Phi) is 4.89. The van der Waals surface area contributed by atoms with Crippen molar-refractivity contribution in [2.45, 2.75) is 45.8 Å². The molecule has 1 aromatic carbocycles. The van der Waals surface area contributed by atoms with Gasteiger partial charge in [0.25, 0.3) is 0 Å². The van der Waals surface area contributed by atoms with E-state index in [2.05, 4.69) is 34.9 Å². The molecule has 0 aromatic heterocycles. The lowest BCUT2D eigenvalue weighted by molar-refractivity contribution is 0.171. The summed E-state index contributed by atoms with van der Waals surface area (Å²) in [5.74, 6) is 0. The fourth-order valence-corrected chi connectivity index (χ4v) is 2.74. The summed E-state index contributed by atoms with van der Waals surface area (Å²) in [4.78, 5) is 4.43. The van der Waals surface area contributed by atoms with Gasteiger partial charge in [0.2, 0.25) is 0 Å². The van der Waals surface area contributed by atoms with Gasteiger partial charge >= 0.3 is 0 Å². The summed E-state index contributed by atoms with van der Waals surface area (Å²) in [5, 5.41) is 19.9. The van der Waals surface area contributed by atoms with Gasteiger partial charge in [-0.15, -0.1) is 0 Å². The van der Waals surface area contributed by atoms with Gasteiger partial charge in [-0.2, -0.15) is 0 Å². The summed E-state index contributed by atoms with van der Waals surface area (Å²) in [6.07, 6.45) is 0.905. The van der Waals surface area contributed by atoms with Crippen molar-refractivity contribution in [3.05, 3.63) is 23.8 Å². The van der Waals surface area contributed by atoms with E-state index in [1.54, 1.807) is 0 Å². The zero-order valence-corrected chi connectivity index (χ0v) is 12.7. The molecule has 1 heterocycles. The van der Waals surface area contributed by atoms with Crippen LogP contribution in [0.15, 0.2) is 18.2 Å². The van der Waals surface area contributed by atoms with Crippen LogP contribution in [0.25, 0.3) is 0 Å². The van der Waals surface area contributed by atoms with E-state index in [9.17, 15) is 10.2 Å². The lowest BCUT2D eigenvalue weighted by Gasteiger charge is -2.25. The molecule has 1 aromatic rings. The number of hydrogen-bond acceptors (Lipinski definition) is 4. The Morgan fingerprint density at radius 1 is 1.05 bits per heavy atom. The largest absolute Gasteiger partial charge is 0.391 e. The van der Waals surface area contributed by atoms with Crippen molar-refractivity contribution in [2.24, 2.45) is 0 Å². The Morgan fingerprint density at radius 3 is 2.25 bits per heavy atom. The van der Waals surface area contributed by atoms with E-state index in [4.69, 9.17) is 0 Å². The van der Waals surface area contributed by atoms with Gasteiger partial charge in [-0.1, -0.05) is 26.0 Å². The van der Waals surface area contributed by atoms with E-state index in [1.807, 2.05) is 13.8 Å². The van der Waals surface area contributed by atoms with Gasteiger partial charge < -0.3 is 20.0 Å². The molecule has 20 heavy (non-hydrogen) atoms. The van der Waals surface area contributed by atoms with Gasteiger partial charge in [0.05, 0.1) is 30.3 Å². The lowest BCUT2D eigenvalue weighted by atomic mass is 10.1. The molecule has 0 aliphatic carbocycles. The topological polar surface area (TPSA) is 46.9 Å². The van der Waals surface area contributed by atoms with Crippen LogP contribution in [0.3, 0.4) is 0 Å². The molecule has 4 heteroatoms. The van der Waals surface area contributed by atoms with E-state index >= 15 is 0 Å². The SMILES string of the molecule is CCC(O)CN1CN(CC(O)CC)c2c(C)cccc21. The smallest absolute Gasteiger partial charge is 0.0906 e. The maximum absolute atomic E-state index is 9.94. The zero-order chi connectivity index (χ0) is 14.7.